The summed E-state index contributed by atoms with van der Waals surface area (Å²) in [7, 11) is 4.65. The third kappa shape index (κ3) is 4.28. The first-order chi connectivity index (χ1) is 13.5. The van der Waals surface area contributed by atoms with Gasteiger partial charge in [0.25, 0.3) is 0 Å². The first-order valence-electron chi connectivity index (χ1n) is 8.78. The van der Waals surface area contributed by atoms with E-state index in [4.69, 9.17) is 14.2 Å². The number of benzene rings is 2. The van der Waals surface area contributed by atoms with Crippen molar-refractivity contribution in [3.05, 3.63) is 42.5 Å². The normalized spacial score (nSPS) is 15.9. The third-order valence-electron chi connectivity index (χ3n) is 4.48. The van der Waals surface area contributed by atoms with Crippen molar-refractivity contribution in [3.63, 3.8) is 0 Å². The number of hydrogen-bond donors (Lipinski definition) is 2. The summed E-state index contributed by atoms with van der Waals surface area (Å²) >= 11 is 0. The molecule has 0 aliphatic carbocycles. The summed E-state index contributed by atoms with van der Waals surface area (Å²) in [6.07, 6.45) is 0.227. The Bertz CT molecular complexity index is 871. The Labute approximate surface area is 163 Å². The van der Waals surface area contributed by atoms with Crippen molar-refractivity contribution in [1.29, 1.82) is 0 Å². The Morgan fingerprint density at radius 1 is 1.04 bits per heavy atom. The average Bonchev–Trinajstić information content (AvgIpc) is 3.08. The van der Waals surface area contributed by atoms with E-state index in [0.29, 0.717) is 29.5 Å². The Kier molecular flexibility index (Phi) is 5.88. The van der Waals surface area contributed by atoms with Crippen LogP contribution in [0.1, 0.15) is 6.42 Å². The van der Waals surface area contributed by atoms with Crippen LogP contribution in [-0.4, -0.2) is 45.9 Å². The lowest BCUT2D eigenvalue weighted by Gasteiger charge is -2.18. The minimum absolute atomic E-state index is 0.0550. The minimum atomic E-state index is -0.409. The highest BCUT2D eigenvalue weighted by molar-refractivity contribution is 5.98. The smallest absolute Gasteiger partial charge is 0.319 e. The molecule has 2 aromatic carbocycles. The predicted octanol–water partition coefficient (Wildman–Crippen LogP) is 2.64. The quantitative estimate of drug-likeness (QED) is 0.798. The fourth-order valence-electron chi connectivity index (χ4n) is 3.08. The molecular weight excluding hydrogens is 362 g/mol. The highest BCUT2D eigenvalue weighted by atomic mass is 16.5. The van der Waals surface area contributed by atoms with E-state index in [-0.39, 0.29) is 18.4 Å². The summed E-state index contributed by atoms with van der Waals surface area (Å²) in [6, 6.07) is 11.7. The zero-order chi connectivity index (χ0) is 20.1. The molecule has 2 aromatic rings. The Morgan fingerprint density at radius 3 is 2.50 bits per heavy atom. The number of amides is 3. The lowest BCUT2D eigenvalue weighted by atomic mass is 10.2. The van der Waals surface area contributed by atoms with Crippen LogP contribution in [0.2, 0.25) is 0 Å². The van der Waals surface area contributed by atoms with Gasteiger partial charge >= 0.3 is 6.03 Å². The molecule has 0 bridgehead atoms. The van der Waals surface area contributed by atoms with Gasteiger partial charge in [0, 0.05) is 30.8 Å². The number of rotatable bonds is 6. The molecule has 1 atom stereocenters. The molecule has 148 valence electrons. The lowest BCUT2D eigenvalue weighted by Crippen LogP contribution is -2.39. The summed E-state index contributed by atoms with van der Waals surface area (Å²) in [6.45, 7) is 0.388. The highest BCUT2D eigenvalue weighted by Crippen LogP contribution is 2.29. The Morgan fingerprint density at radius 2 is 1.79 bits per heavy atom. The molecule has 3 rings (SSSR count). The summed E-state index contributed by atoms with van der Waals surface area (Å²) in [5.41, 5.74) is 1.25. The molecule has 3 amide bonds. The number of anilines is 2. The van der Waals surface area contributed by atoms with Crippen molar-refractivity contribution >= 4 is 23.3 Å². The molecule has 1 fully saturated rings. The molecule has 0 spiro atoms. The van der Waals surface area contributed by atoms with Gasteiger partial charge in [-0.15, -0.1) is 0 Å². The van der Waals surface area contributed by atoms with Crippen molar-refractivity contribution in [2.75, 3.05) is 38.1 Å². The largest absolute Gasteiger partial charge is 0.497 e. The second kappa shape index (κ2) is 8.51. The summed E-state index contributed by atoms with van der Waals surface area (Å²) < 4.78 is 15.6. The maximum atomic E-state index is 12.4. The van der Waals surface area contributed by atoms with Gasteiger partial charge in [-0.2, -0.15) is 0 Å². The Balaban J connectivity index is 1.63. The maximum Gasteiger partial charge on any atom is 0.319 e. The molecule has 0 radical (unpaired) electrons. The molecule has 28 heavy (non-hydrogen) atoms. The summed E-state index contributed by atoms with van der Waals surface area (Å²) in [4.78, 5) is 26.4. The molecule has 8 nitrogen and oxygen atoms in total. The van der Waals surface area contributed by atoms with Crippen LogP contribution in [0.15, 0.2) is 42.5 Å². The van der Waals surface area contributed by atoms with Crippen molar-refractivity contribution in [2.45, 2.75) is 12.5 Å². The second-order valence-corrected chi connectivity index (χ2v) is 6.27. The molecule has 2 N–H and O–H groups in total. The SMILES string of the molecule is COc1cccc(N2C[C@@H](NC(=O)Nc3ccc(OC)cc3OC)CC2=O)c1. The van der Waals surface area contributed by atoms with Gasteiger partial charge in [-0.25, -0.2) is 4.79 Å². The molecule has 1 aliphatic heterocycles. The van der Waals surface area contributed by atoms with Crippen LogP contribution in [0.3, 0.4) is 0 Å². The van der Waals surface area contributed by atoms with Gasteiger partial charge in [0.2, 0.25) is 5.91 Å². The van der Waals surface area contributed by atoms with Crippen LogP contribution in [0.5, 0.6) is 17.2 Å². The maximum absolute atomic E-state index is 12.4. The topological polar surface area (TPSA) is 89.1 Å². The fraction of sp³-hybridized carbons (Fsp3) is 0.300. The molecular formula is C20H23N3O5. The number of nitrogens with one attached hydrogen (secondary N) is 2. The van der Waals surface area contributed by atoms with E-state index < -0.39 is 6.03 Å². The van der Waals surface area contributed by atoms with E-state index in [1.54, 1.807) is 43.4 Å². The van der Waals surface area contributed by atoms with Gasteiger partial charge in [-0.1, -0.05) is 6.07 Å². The molecule has 8 heteroatoms. The van der Waals surface area contributed by atoms with Crippen molar-refractivity contribution in [1.82, 2.24) is 5.32 Å². The summed E-state index contributed by atoms with van der Waals surface area (Å²) in [5.74, 6) is 1.72. The standard InChI is InChI=1S/C20H23N3O5/c1-26-15-6-4-5-14(10-15)23-12-13(9-19(23)24)21-20(25)22-17-8-7-16(27-2)11-18(17)28-3/h4-8,10-11,13H,9,12H2,1-3H3,(H2,21,22,25)/t13-/m0/s1. The lowest BCUT2D eigenvalue weighted by molar-refractivity contribution is -0.117. The van der Waals surface area contributed by atoms with Gasteiger partial charge in [0.05, 0.1) is 33.1 Å². The zero-order valence-electron chi connectivity index (χ0n) is 16.0. The number of nitrogens with zero attached hydrogens (tertiary/aromatic N) is 1. The van der Waals surface area contributed by atoms with E-state index in [9.17, 15) is 9.59 Å². The average molecular weight is 385 g/mol. The molecule has 0 unspecified atom stereocenters. The van der Waals surface area contributed by atoms with Crippen LogP contribution < -0.4 is 29.7 Å². The van der Waals surface area contributed by atoms with E-state index in [1.165, 1.54) is 7.11 Å². The van der Waals surface area contributed by atoms with Gasteiger partial charge in [0.1, 0.15) is 17.2 Å². The minimum Gasteiger partial charge on any atom is -0.497 e. The van der Waals surface area contributed by atoms with Crippen LogP contribution in [-0.2, 0) is 4.79 Å². The number of ether oxygens (including phenoxy) is 3. The van der Waals surface area contributed by atoms with E-state index in [0.717, 1.165) is 5.69 Å². The number of urea groups is 1. The van der Waals surface area contributed by atoms with E-state index in [2.05, 4.69) is 10.6 Å². The van der Waals surface area contributed by atoms with Crippen LogP contribution in [0.4, 0.5) is 16.2 Å². The fourth-order valence-corrected chi connectivity index (χ4v) is 3.08. The molecule has 1 aliphatic rings. The molecule has 0 saturated carbocycles. The van der Waals surface area contributed by atoms with Gasteiger partial charge in [-0.05, 0) is 24.3 Å². The van der Waals surface area contributed by atoms with Gasteiger partial charge in [-0.3, -0.25) is 4.79 Å². The molecule has 0 aromatic heterocycles. The molecule has 1 saturated heterocycles. The number of carbonyl (C=O) groups excluding carboxylic acids is 2. The monoisotopic (exact) mass is 385 g/mol. The molecule has 1 heterocycles. The van der Waals surface area contributed by atoms with Crippen molar-refractivity contribution in [3.8, 4) is 17.2 Å². The van der Waals surface area contributed by atoms with E-state index in [1.807, 2.05) is 18.2 Å². The van der Waals surface area contributed by atoms with Crippen molar-refractivity contribution in [2.24, 2.45) is 0 Å². The predicted molar refractivity (Wildman–Crippen MR) is 105 cm³/mol. The highest BCUT2D eigenvalue weighted by Gasteiger charge is 2.31. The van der Waals surface area contributed by atoms with Crippen LogP contribution >= 0.6 is 0 Å². The third-order valence-corrected chi connectivity index (χ3v) is 4.48. The second-order valence-electron chi connectivity index (χ2n) is 6.27. The first-order valence-corrected chi connectivity index (χ1v) is 8.78. The van der Waals surface area contributed by atoms with Crippen molar-refractivity contribution < 1.29 is 23.8 Å². The first kappa shape index (κ1) is 19.3. The number of methoxy groups -OCH3 is 3. The van der Waals surface area contributed by atoms with Crippen LogP contribution in [0, 0.1) is 0 Å². The van der Waals surface area contributed by atoms with E-state index >= 15 is 0 Å². The number of hydrogen-bond acceptors (Lipinski definition) is 5. The Hall–Kier alpha value is -3.42. The van der Waals surface area contributed by atoms with Crippen LogP contribution in [0.25, 0.3) is 0 Å². The van der Waals surface area contributed by atoms with Gasteiger partial charge in [0.15, 0.2) is 0 Å². The zero-order valence-corrected chi connectivity index (χ0v) is 16.0. The summed E-state index contributed by atoms with van der Waals surface area (Å²) in [5, 5.41) is 5.58. The van der Waals surface area contributed by atoms with Gasteiger partial charge < -0.3 is 29.7 Å². The number of carbonyl (C=O) groups is 2.